The van der Waals surface area contributed by atoms with Crippen molar-refractivity contribution in [2.45, 2.75) is 26.8 Å². The molecule has 4 aromatic rings. The van der Waals surface area contributed by atoms with E-state index in [4.69, 9.17) is 9.26 Å². The smallest absolute Gasteiger partial charge is 0.326 e. The predicted octanol–water partition coefficient (Wildman–Crippen LogP) is 6.20. The Hall–Kier alpha value is -4.46. The van der Waals surface area contributed by atoms with Crippen LogP contribution in [0.1, 0.15) is 35.5 Å². The maximum absolute atomic E-state index is 13.4. The first-order valence-corrected chi connectivity index (χ1v) is 11.5. The normalized spacial score (nSPS) is 15.8. The number of halogens is 1. The summed E-state index contributed by atoms with van der Waals surface area (Å²) in [7, 11) is 1.60. The average Bonchev–Trinajstić information content (AvgIpc) is 3.36. The summed E-state index contributed by atoms with van der Waals surface area (Å²) in [6.45, 7) is 5.90. The van der Waals surface area contributed by atoms with Crippen molar-refractivity contribution in [3.8, 4) is 17.1 Å². The van der Waals surface area contributed by atoms with Crippen molar-refractivity contribution in [3.63, 3.8) is 0 Å². The van der Waals surface area contributed by atoms with Crippen LogP contribution in [-0.4, -0.2) is 23.3 Å². The van der Waals surface area contributed by atoms with Gasteiger partial charge in [0.05, 0.1) is 24.4 Å². The molecule has 2 amide bonds. The third-order valence-electron chi connectivity index (χ3n) is 6.44. The molecule has 1 aliphatic rings. The Bertz CT molecular complexity index is 1460. The summed E-state index contributed by atoms with van der Waals surface area (Å²) in [5, 5.41) is 7.23. The Balaban J connectivity index is 1.65. The van der Waals surface area contributed by atoms with Gasteiger partial charge in [-0.05, 0) is 86.0 Å². The van der Waals surface area contributed by atoms with E-state index in [1.54, 1.807) is 24.1 Å². The minimum Gasteiger partial charge on any atom is -0.497 e. The van der Waals surface area contributed by atoms with Crippen molar-refractivity contribution in [1.82, 2.24) is 15.5 Å². The summed E-state index contributed by atoms with van der Waals surface area (Å²) in [6.07, 6.45) is 0. The standard InChI is InChI=1S/C28H25FN4O3/c1-16-5-12-22(15-17(16)2)33-18(3)24(25(30-28(33)34)19-8-13-23(35-4)14-9-19)27-31-26(32-36-27)20-6-10-21(29)11-7-20/h5-15,25H,1-4H3,(H,30,34). The van der Waals surface area contributed by atoms with Gasteiger partial charge in [-0.25, -0.2) is 9.18 Å². The summed E-state index contributed by atoms with van der Waals surface area (Å²) in [4.78, 5) is 19.6. The van der Waals surface area contributed by atoms with Crippen LogP contribution in [0.5, 0.6) is 5.75 Å². The number of nitrogens with zero attached hydrogens (tertiary/aromatic N) is 3. The van der Waals surface area contributed by atoms with E-state index in [1.165, 1.54) is 12.1 Å². The van der Waals surface area contributed by atoms with Gasteiger partial charge in [0.1, 0.15) is 11.6 Å². The molecule has 2 heterocycles. The summed E-state index contributed by atoms with van der Waals surface area (Å²) >= 11 is 0. The lowest BCUT2D eigenvalue weighted by Crippen LogP contribution is -2.46. The number of anilines is 1. The van der Waals surface area contributed by atoms with Crippen LogP contribution in [0.25, 0.3) is 17.0 Å². The molecular weight excluding hydrogens is 459 g/mol. The van der Waals surface area contributed by atoms with E-state index in [2.05, 4.69) is 15.5 Å². The number of aryl methyl sites for hydroxylation is 2. The van der Waals surface area contributed by atoms with Crippen molar-refractivity contribution in [1.29, 1.82) is 0 Å². The Morgan fingerprint density at radius 1 is 0.972 bits per heavy atom. The molecular formula is C28H25FN4O3. The number of benzene rings is 3. The number of nitrogens with one attached hydrogen (secondary N) is 1. The van der Waals surface area contributed by atoms with E-state index in [-0.39, 0.29) is 17.7 Å². The maximum atomic E-state index is 13.4. The zero-order chi connectivity index (χ0) is 25.4. The number of urea groups is 1. The van der Waals surface area contributed by atoms with Gasteiger partial charge in [-0.2, -0.15) is 4.98 Å². The number of ether oxygens (including phenoxy) is 1. The molecule has 36 heavy (non-hydrogen) atoms. The molecule has 3 aromatic carbocycles. The molecule has 0 fully saturated rings. The first-order valence-electron chi connectivity index (χ1n) is 11.5. The molecule has 7 nitrogen and oxygen atoms in total. The molecule has 0 aliphatic carbocycles. The number of aromatic nitrogens is 2. The van der Waals surface area contributed by atoms with Crippen molar-refractivity contribution in [3.05, 3.63) is 101 Å². The summed E-state index contributed by atoms with van der Waals surface area (Å²) < 4.78 is 24.4. The van der Waals surface area contributed by atoms with Gasteiger partial charge in [-0.3, -0.25) is 4.90 Å². The number of hydrogen-bond acceptors (Lipinski definition) is 5. The van der Waals surface area contributed by atoms with Crippen molar-refractivity contribution in [2.75, 3.05) is 12.0 Å². The van der Waals surface area contributed by atoms with Crippen molar-refractivity contribution < 1.29 is 18.4 Å². The van der Waals surface area contributed by atoms with Gasteiger partial charge in [-0.15, -0.1) is 0 Å². The van der Waals surface area contributed by atoms with Crippen molar-refractivity contribution >= 4 is 17.3 Å². The maximum Gasteiger partial charge on any atom is 0.326 e. The van der Waals surface area contributed by atoms with E-state index < -0.39 is 6.04 Å². The van der Waals surface area contributed by atoms with Crippen molar-refractivity contribution in [2.24, 2.45) is 0 Å². The van der Waals surface area contributed by atoms with Gasteiger partial charge >= 0.3 is 6.03 Å². The molecule has 0 saturated heterocycles. The SMILES string of the molecule is COc1ccc(C2NC(=O)N(c3ccc(C)c(C)c3)C(C)=C2c2nc(-c3ccc(F)cc3)no2)cc1. The van der Waals surface area contributed by atoms with E-state index in [0.717, 1.165) is 22.4 Å². The Morgan fingerprint density at radius 2 is 1.69 bits per heavy atom. The molecule has 1 aromatic heterocycles. The number of carbonyl (C=O) groups is 1. The lowest BCUT2D eigenvalue weighted by Gasteiger charge is -2.35. The molecule has 1 aliphatic heterocycles. The van der Waals surface area contributed by atoms with Crippen LogP contribution in [0.2, 0.25) is 0 Å². The Morgan fingerprint density at radius 3 is 2.36 bits per heavy atom. The molecule has 0 radical (unpaired) electrons. The van der Waals surface area contributed by atoms with Gasteiger partial charge in [0.2, 0.25) is 5.82 Å². The fourth-order valence-corrected chi connectivity index (χ4v) is 4.29. The zero-order valence-electron chi connectivity index (χ0n) is 20.4. The van der Waals surface area contributed by atoms with Crippen LogP contribution in [-0.2, 0) is 0 Å². The monoisotopic (exact) mass is 484 g/mol. The van der Waals surface area contributed by atoms with Crippen LogP contribution < -0.4 is 15.0 Å². The molecule has 5 rings (SSSR count). The highest BCUT2D eigenvalue weighted by atomic mass is 19.1. The molecule has 0 saturated carbocycles. The highest BCUT2D eigenvalue weighted by Gasteiger charge is 2.36. The first kappa shape index (κ1) is 23.3. The molecule has 0 bridgehead atoms. The van der Waals surface area contributed by atoms with E-state index in [1.807, 2.05) is 63.2 Å². The van der Waals surface area contributed by atoms with Gasteiger partial charge < -0.3 is 14.6 Å². The second kappa shape index (κ2) is 9.30. The molecule has 1 atom stereocenters. The molecule has 1 unspecified atom stereocenters. The topological polar surface area (TPSA) is 80.5 Å². The van der Waals surface area contributed by atoms with E-state index in [9.17, 15) is 9.18 Å². The minimum atomic E-state index is -0.535. The van der Waals surface area contributed by atoms with E-state index in [0.29, 0.717) is 28.4 Å². The van der Waals surface area contributed by atoms with Gasteiger partial charge in [0, 0.05) is 11.3 Å². The van der Waals surface area contributed by atoms with Crippen LogP contribution in [0.15, 0.2) is 77.0 Å². The Labute approximate surface area is 208 Å². The first-order chi connectivity index (χ1) is 17.4. The van der Waals surface area contributed by atoms with Gasteiger partial charge in [0.25, 0.3) is 5.89 Å². The number of carbonyl (C=O) groups excluding carboxylic acids is 1. The number of methoxy groups -OCH3 is 1. The fourth-order valence-electron chi connectivity index (χ4n) is 4.29. The second-order valence-electron chi connectivity index (χ2n) is 8.69. The Kier molecular flexibility index (Phi) is 6.01. The van der Waals surface area contributed by atoms with Gasteiger partial charge in [-0.1, -0.05) is 23.4 Å². The van der Waals surface area contributed by atoms with Crippen LogP contribution in [0, 0.1) is 19.7 Å². The third kappa shape index (κ3) is 4.22. The highest BCUT2D eigenvalue weighted by molar-refractivity contribution is 6.01. The predicted molar refractivity (Wildman–Crippen MR) is 135 cm³/mol. The quantitative estimate of drug-likeness (QED) is 0.365. The van der Waals surface area contributed by atoms with Crippen LogP contribution in [0.4, 0.5) is 14.9 Å². The van der Waals surface area contributed by atoms with Gasteiger partial charge in [0.15, 0.2) is 0 Å². The number of hydrogen-bond donors (Lipinski definition) is 1. The zero-order valence-corrected chi connectivity index (χ0v) is 20.4. The molecule has 182 valence electrons. The second-order valence-corrected chi connectivity index (χ2v) is 8.69. The summed E-state index contributed by atoms with van der Waals surface area (Å²) in [5.74, 6) is 0.950. The molecule has 8 heteroatoms. The third-order valence-corrected chi connectivity index (χ3v) is 6.44. The fraction of sp³-hybridized carbons (Fsp3) is 0.179. The molecule has 0 spiro atoms. The lowest BCUT2D eigenvalue weighted by molar-refractivity contribution is 0.244. The number of amides is 2. The summed E-state index contributed by atoms with van der Waals surface area (Å²) in [6, 6.07) is 18.4. The van der Waals surface area contributed by atoms with Crippen LogP contribution in [0.3, 0.4) is 0 Å². The lowest BCUT2D eigenvalue weighted by atomic mass is 9.94. The average molecular weight is 485 g/mol. The number of rotatable bonds is 5. The van der Waals surface area contributed by atoms with Crippen LogP contribution >= 0.6 is 0 Å². The largest absolute Gasteiger partial charge is 0.497 e. The number of allylic oxidation sites excluding steroid dienone is 1. The molecule has 1 N–H and O–H groups in total. The minimum absolute atomic E-state index is 0.265. The summed E-state index contributed by atoms with van der Waals surface area (Å²) in [5.41, 5.74) is 5.72. The highest BCUT2D eigenvalue weighted by Crippen LogP contribution is 2.39. The van der Waals surface area contributed by atoms with E-state index >= 15 is 0 Å².